The Morgan fingerprint density at radius 3 is 2.60 bits per heavy atom. The van der Waals surface area contributed by atoms with E-state index >= 15 is 0 Å². The molecule has 0 radical (unpaired) electrons. The first-order chi connectivity index (χ1) is 9.67. The standard InChI is InChI=1S/C17H29NO2/c1-14-7-5-6-8-17(14)12-16(11-15(2)20-4)13-18-9-10-19-3/h5-8,15-16,18H,9-13H2,1-4H3. The first-order valence-electron chi connectivity index (χ1n) is 7.44. The number of aryl methyl sites for hydroxylation is 1. The highest BCUT2D eigenvalue weighted by Gasteiger charge is 2.14. The molecule has 0 aliphatic carbocycles. The largest absolute Gasteiger partial charge is 0.383 e. The van der Waals surface area contributed by atoms with Crippen LogP contribution in [0.2, 0.25) is 0 Å². The van der Waals surface area contributed by atoms with E-state index in [0.29, 0.717) is 12.0 Å². The Labute approximate surface area is 123 Å². The first-order valence-corrected chi connectivity index (χ1v) is 7.44. The van der Waals surface area contributed by atoms with Crippen molar-refractivity contribution in [3.8, 4) is 0 Å². The fourth-order valence-electron chi connectivity index (χ4n) is 2.44. The molecule has 0 fully saturated rings. The lowest BCUT2D eigenvalue weighted by Gasteiger charge is -2.22. The molecule has 2 atom stereocenters. The summed E-state index contributed by atoms with van der Waals surface area (Å²) in [5, 5.41) is 3.48. The molecule has 0 saturated heterocycles. The summed E-state index contributed by atoms with van der Waals surface area (Å²) >= 11 is 0. The molecule has 0 saturated carbocycles. The average molecular weight is 279 g/mol. The second-order valence-corrected chi connectivity index (χ2v) is 5.48. The van der Waals surface area contributed by atoms with Crippen molar-refractivity contribution in [2.75, 3.05) is 33.9 Å². The molecule has 0 heterocycles. The molecule has 3 nitrogen and oxygen atoms in total. The predicted molar refractivity (Wildman–Crippen MR) is 84.2 cm³/mol. The highest BCUT2D eigenvalue weighted by atomic mass is 16.5. The van der Waals surface area contributed by atoms with E-state index in [2.05, 4.69) is 43.4 Å². The minimum absolute atomic E-state index is 0.299. The van der Waals surface area contributed by atoms with Crippen LogP contribution in [0.4, 0.5) is 0 Å². The van der Waals surface area contributed by atoms with Gasteiger partial charge in [-0.05, 0) is 50.3 Å². The first kappa shape index (κ1) is 17.2. The molecule has 3 heteroatoms. The zero-order valence-electron chi connectivity index (χ0n) is 13.3. The summed E-state index contributed by atoms with van der Waals surface area (Å²) in [6.07, 6.45) is 2.47. The molecule has 0 spiro atoms. The van der Waals surface area contributed by atoms with Gasteiger partial charge in [0.1, 0.15) is 0 Å². The smallest absolute Gasteiger partial charge is 0.0587 e. The molecule has 114 valence electrons. The number of ether oxygens (including phenoxy) is 2. The summed E-state index contributed by atoms with van der Waals surface area (Å²) in [4.78, 5) is 0. The monoisotopic (exact) mass is 279 g/mol. The van der Waals surface area contributed by atoms with Crippen LogP contribution in [0, 0.1) is 12.8 Å². The minimum Gasteiger partial charge on any atom is -0.383 e. The molecule has 0 aromatic heterocycles. The number of benzene rings is 1. The van der Waals surface area contributed by atoms with E-state index in [1.165, 1.54) is 11.1 Å². The number of nitrogens with one attached hydrogen (secondary N) is 1. The highest BCUT2D eigenvalue weighted by Crippen LogP contribution is 2.17. The van der Waals surface area contributed by atoms with Gasteiger partial charge in [0, 0.05) is 20.8 Å². The fraction of sp³-hybridized carbons (Fsp3) is 0.647. The SMILES string of the molecule is COCCNCC(Cc1ccccc1C)CC(C)OC. The number of methoxy groups -OCH3 is 2. The Balaban J connectivity index is 2.55. The van der Waals surface area contributed by atoms with Crippen molar-refractivity contribution in [1.29, 1.82) is 0 Å². The van der Waals surface area contributed by atoms with Crippen LogP contribution in [-0.4, -0.2) is 40.0 Å². The zero-order chi connectivity index (χ0) is 14.8. The summed E-state index contributed by atoms with van der Waals surface area (Å²) in [5.74, 6) is 0.586. The molecule has 1 aromatic carbocycles. The molecule has 0 aliphatic heterocycles. The van der Waals surface area contributed by atoms with Crippen LogP contribution in [0.15, 0.2) is 24.3 Å². The highest BCUT2D eigenvalue weighted by molar-refractivity contribution is 5.26. The molecular formula is C17H29NO2. The van der Waals surface area contributed by atoms with E-state index in [0.717, 1.165) is 32.5 Å². The number of rotatable bonds is 10. The van der Waals surface area contributed by atoms with E-state index < -0.39 is 0 Å². The average Bonchev–Trinajstić information content (AvgIpc) is 2.45. The molecule has 1 rings (SSSR count). The van der Waals surface area contributed by atoms with Crippen LogP contribution in [0.1, 0.15) is 24.5 Å². The fourth-order valence-corrected chi connectivity index (χ4v) is 2.44. The van der Waals surface area contributed by atoms with Gasteiger partial charge in [-0.1, -0.05) is 24.3 Å². The minimum atomic E-state index is 0.299. The van der Waals surface area contributed by atoms with Crippen molar-refractivity contribution in [3.63, 3.8) is 0 Å². The van der Waals surface area contributed by atoms with Gasteiger partial charge in [0.2, 0.25) is 0 Å². The quantitative estimate of drug-likeness (QED) is 0.668. The predicted octanol–water partition coefficient (Wildman–Crippen LogP) is 2.81. The zero-order valence-corrected chi connectivity index (χ0v) is 13.3. The Morgan fingerprint density at radius 2 is 1.95 bits per heavy atom. The van der Waals surface area contributed by atoms with E-state index in [1.54, 1.807) is 14.2 Å². The van der Waals surface area contributed by atoms with Crippen molar-refractivity contribution < 1.29 is 9.47 Å². The third-order valence-electron chi connectivity index (χ3n) is 3.75. The van der Waals surface area contributed by atoms with Crippen LogP contribution in [0.5, 0.6) is 0 Å². The lowest BCUT2D eigenvalue weighted by atomic mass is 9.92. The number of hydrogen-bond acceptors (Lipinski definition) is 3. The second kappa shape index (κ2) is 9.92. The van der Waals surface area contributed by atoms with Crippen LogP contribution in [0.25, 0.3) is 0 Å². The van der Waals surface area contributed by atoms with Crippen molar-refractivity contribution in [2.24, 2.45) is 5.92 Å². The van der Waals surface area contributed by atoms with Crippen LogP contribution < -0.4 is 5.32 Å². The van der Waals surface area contributed by atoms with E-state index in [4.69, 9.17) is 9.47 Å². The van der Waals surface area contributed by atoms with Crippen molar-refractivity contribution in [3.05, 3.63) is 35.4 Å². The van der Waals surface area contributed by atoms with Gasteiger partial charge in [-0.2, -0.15) is 0 Å². The maximum absolute atomic E-state index is 5.42. The second-order valence-electron chi connectivity index (χ2n) is 5.48. The van der Waals surface area contributed by atoms with Crippen molar-refractivity contribution in [2.45, 2.75) is 32.8 Å². The topological polar surface area (TPSA) is 30.5 Å². The van der Waals surface area contributed by atoms with Crippen LogP contribution in [0.3, 0.4) is 0 Å². The van der Waals surface area contributed by atoms with Crippen LogP contribution in [-0.2, 0) is 15.9 Å². The van der Waals surface area contributed by atoms with Gasteiger partial charge in [0.15, 0.2) is 0 Å². The third-order valence-corrected chi connectivity index (χ3v) is 3.75. The van der Waals surface area contributed by atoms with Gasteiger partial charge < -0.3 is 14.8 Å². The lowest BCUT2D eigenvalue weighted by molar-refractivity contribution is 0.0941. The van der Waals surface area contributed by atoms with Gasteiger partial charge in [-0.3, -0.25) is 0 Å². The molecule has 1 N–H and O–H groups in total. The maximum atomic E-state index is 5.42. The summed E-state index contributed by atoms with van der Waals surface area (Å²) in [6.45, 7) is 6.99. The molecule has 0 aliphatic rings. The Morgan fingerprint density at radius 1 is 1.20 bits per heavy atom. The van der Waals surface area contributed by atoms with Crippen molar-refractivity contribution >= 4 is 0 Å². The van der Waals surface area contributed by atoms with Gasteiger partial charge in [-0.15, -0.1) is 0 Å². The normalized spacial score (nSPS) is 14.2. The Hall–Kier alpha value is -0.900. The molecule has 20 heavy (non-hydrogen) atoms. The molecule has 1 aromatic rings. The van der Waals surface area contributed by atoms with Crippen LogP contribution >= 0.6 is 0 Å². The third kappa shape index (κ3) is 6.51. The molecule has 0 amide bonds. The van der Waals surface area contributed by atoms with Gasteiger partial charge in [-0.25, -0.2) is 0 Å². The Kier molecular flexibility index (Phi) is 8.51. The van der Waals surface area contributed by atoms with Gasteiger partial charge >= 0.3 is 0 Å². The van der Waals surface area contributed by atoms with Gasteiger partial charge in [0.25, 0.3) is 0 Å². The van der Waals surface area contributed by atoms with E-state index in [1.807, 2.05) is 0 Å². The Bertz CT molecular complexity index is 368. The summed E-state index contributed by atoms with van der Waals surface area (Å²) < 4.78 is 10.5. The maximum Gasteiger partial charge on any atom is 0.0587 e. The summed E-state index contributed by atoms with van der Waals surface area (Å²) in [7, 11) is 3.52. The molecule has 2 unspecified atom stereocenters. The molecular weight excluding hydrogens is 250 g/mol. The summed E-state index contributed by atoms with van der Waals surface area (Å²) in [5.41, 5.74) is 2.81. The van der Waals surface area contributed by atoms with Crippen molar-refractivity contribution in [1.82, 2.24) is 5.32 Å². The summed E-state index contributed by atoms with van der Waals surface area (Å²) in [6, 6.07) is 8.64. The van der Waals surface area contributed by atoms with E-state index in [9.17, 15) is 0 Å². The number of hydrogen-bond donors (Lipinski definition) is 1. The lowest BCUT2D eigenvalue weighted by Crippen LogP contribution is -2.29. The molecule has 0 bridgehead atoms. The van der Waals surface area contributed by atoms with Gasteiger partial charge in [0.05, 0.1) is 12.7 Å². The van der Waals surface area contributed by atoms with E-state index in [-0.39, 0.29) is 0 Å².